The largest absolute Gasteiger partial charge is 0.339 e. The van der Waals surface area contributed by atoms with Gasteiger partial charge in [-0.2, -0.15) is 0 Å². The fraction of sp³-hybridized carbons (Fsp3) is 0.294. The molecule has 1 N–H and O–H groups in total. The van der Waals surface area contributed by atoms with Crippen LogP contribution in [0, 0.1) is 0 Å². The zero-order chi connectivity index (χ0) is 12.7. The lowest BCUT2D eigenvalue weighted by Crippen LogP contribution is -2.21. The lowest BCUT2D eigenvalue weighted by molar-refractivity contribution is 0.615. The molecule has 0 radical (unpaired) electrons. The van der Waals surface area contributed by atoms with Crippen LogP contribution in [0.25, 0.3) is 21.8 Å². The lowest BCUT2D eigenvalue weighted by atomic mass is 10.2. The average Bonchev–Trinajstić information content (AvgIpc) is 3.23. The standard InChI is InChI=1S/C17H18N2/c1-3-7-16-14(5-1)15-6-2-4-8-17(15)19(16)12-11-18-13-9-10-13/h1-8,13,18H,9-12H2. The summed E-state index contributed by atoms with van der Waals surface area (Å²) in [5.74, 6) is 0. The third-order valence-corrected chi connectivity index (χ3v) is 4.03. The molecule has 2 aromatic carbocycles. The molecule has 1 saturated carbocycles. The summed E-state index contributed by atoms with van der Waals surface area (Å²) >= 11 is 0. The van der Waals surface area contributed by atoms with Gasteiger partial charge in [-0.3, -0.25) is 0 Å². The predicted octanol–water partition coefficient (Wildman–Crippen LogP) is 3.55. The Bertz CT molecular complexity index is 669. The van der Waals surface area contributed by atoms with Crippen molar-refractivity contribution in [1.29, 1.82) is 0 Å². The molecule has 0 amide bonds. The molecule has 3 aromatic rings. The van der Waals surface area contributed by atoms with Gasteiger partial charge < -0.3 is 9.88 Å². The number of nitrogens with zero attached hydrogens (tertiary/aromatic N) is 1. The van der Waals surface area contributed by atoms with E-state index in [2.05, 4.69) is 58.4 Å². The summed E-state index contributed by atoms with van der Waals surface area (Å²) in [5.41, 5.74) is 2.70. The molecule has 0 atom stereocenters. The topological polar surface area (TPSA) is 17.0 Å². The van der Waals surface area contributed by atoms with E-state index in [1.165, 1.54) is 34.6 Å². The second-order valence-electron chi connectivity index (χ2n) is 5.41. The molecule has 1 fully saturated rings. The summed E-state index contributed by atoms with van der Waals surface area (Å²) in [5, 5.41) is 6.33. The molecule has 4 rings (SSSR count). The van der Waals surface area contributed by atoms with Crippen LogP contribution in [0.2, 0.25) is 0 Å². The number of aromatic nitrogens is 1. The van der Waals surface area contributed by atoms with E-state index in [0.717, 1.165) is 19.1 Å². The SMILES string of the molecule is c1ccc2c(c1)c1ccccc1n2CCNC1CC1. The molecule has 2 nitrogen and oxygen atoms in total. The van der Waals surface area contributed by atoms with Gasteiger partial charge in [0.15, 0.2) is 0 Å². The quantitative estimate of drug-likeness (QED) is 0.749. The highest BCUT2D eigenvalue weighted by molar-refractivity contribution is 6.07. The second kappa shape index (κ2) is 4.39. The zero-order valence-corrected chi connectivity index (χ0v) is 11.0. The molecule has 0 spiro atoms. The summed E-state index contributed by atoms with van der Waals surface area (Å²) in [7, 11) is 0. The summed E-state index contributed by atoms with van der Waals surface area (Å²) in [6.45, 7) is 2.11. The molecule has 1 heterocycles. The molecular formula is C17H18N2. The Morgan fingerprint density at radius 1 is 0.895 bits per heavy atom. The van der Waals surface area contributed by atoms with E-state index in [9.17, 15) is 0 Å². The van der Waals surface area contributed by atoms with E-state index in [0.29, 0.717) is 0 Å². The minimum absolute atomic E-state index is 0.785. The van der Waals surface area contributed by atoms with Gasteiger partial charge in [0.2, 0.25) is 0 Å². The monoisotopic (exact) mass is 250 g/mol. The van der Waals surface area contributed by atoms with Gasteiger partial charge in [0.05, 0.1) is 0 Å². The molecule has 2 heteroatoms. The fourth-order valence-corrected chi connectivity index (χ4v) is 2.91. The van der Waals surface area contributed by atoms with E-state index in [1.54, 1.807) is 0 Å². The van der Waals surface area contributed by atoms with Crippen molar-refractivity contribution in [1.82, 2.24) is 9.88 Å². The minimum atomic E-state index is 0.785. The Balaban J connectivity index is 1.79. The molecule has 96 valence electrons. The third-order valence-electron chi connectivity index (χ3n) is 4.03. The summed E-state index contributed by atoms with van der Waals surface area (Å²) in [6, 6.07) is 18.2. The van der Waals surface area contributed by atoms with E-state index in [-0.39, 0.29) is 0 Å². The number of hydrogen-bond acceptors (Lipinski definition) is 1. The molecule has 1 aliphatic carbocycles. The Morgan fingerprint density at radius 3 is 2.05 bits per heavy atom. The molecule has 19 heavy (non-hydrogen) atoms. The Morgan fingerprint density at radius 2 is 1.47 bits per heavy atom. The van der Waals surface area contributed by atoms with E-state index in [4.69, 9.17) is 0 Å². The third kappa shape index (κ3) is 1.92. The van der Waals surface area contributed by atoms with Gasteiger partial charge in [-0.15, -0.1) is 0 Å². The summed E-state index contributed by atoms with van der Waals surface area (Å²) in [6.07, 6.45) is 2.71. The van der Waals surface area contributed by atoms with E-state index < -0.39 is 0 Å². The van der Waals surface area contributed by atoms with Gasteiger partial charge in [-0.25, -0.2) is 0 Å². The Labute approximate surface area is 113 Å². The van der Waals surface area contributed by atoms with Crippen LogP contribution in [0.1, 0.15) is 12.8 Å². The van der Waals surface area contributed by atoms with Gasteiger partial charge in [0.1, 0.15) is 0 Å². The first-order chi connectivity index (χ1) is 9.43. The lowest BCUT2D eigenvalue weighted by Gasteiger charge is -2.08. The van der Waals surface area contributed by atoms with Gasteiger partial charge in [-0.1, -0.05) is 36.4 Å². The highest BCUT2D eigenvalue weighted by Crippen LogP contribution is 2.28. The van der Waals surface area contributed by atoms with Gasteiger partial charge in [-0.05, 0) is 25.0 Å². The molecule has 1 aliphatic rings. The molecule has 1 aromatic heterocycles. The average molecular weight is 250 g/mol. The van der Waals surface area contributed by atoms with Crippen LogP contribution in [0.4, 0.5) is 0 Å². The van der Waals surface area contributed by atoms with Crippen LogP contribution in [0.5, 0.6) is 0 Å². The van der Waals surface area contributed by atoms with E-state index >= 15 is 0 Å². The highest BCUT2D eigenvalue weighted by Gasteiger charge is 2.20. The number of fused-ring (bicyclic) bond motifs is 3. The molecule has 0 bridgehead atoms. The van der Waals surface area contributed by atoms with Crippen LogP contribution in [0.15, 0.2) is 48.5 Å². The van der Waals surface area contributed by atoms with Gasteiger partial charge >= 0.3 is 0 Å². The maximum Gasteiger partial charge on any atom is 0.0491 e. The van der Waals surface area contributed by atoms with Crippen molar-refractivity contribution in [2.75, 3.05) is 6.54 Å². The minimum Gasteiger partial charge on any atom is -0.339 e. The van der Waals surface area contributed by atoms with Gasteiger partial charge in [0, 0.05) is 40.9 Å². The predicted molar refractivity (Wildman–Crippen MR) is 80.5 cm³/mol. The van der Waals surface area contributed by atoms with Crippen molar-refractivity contribution in [2.24, 2.45) is 0 Å². The highest BCUT2D eigenvalue weighted by atomic mass is 15.0. The molecular weight excluding hydrogens is 232 g/mol. The summed E-state index contributed by atoms with van der Waals surface area (Å²) in [4.78, 5) is 0. The normalized spacial score (nSPS) is 15.4. The molecule has 0 saturated heterocycles. The molecule has 0 aliphatic heterocycles. The van der Waals surface area contributed by atoms with Crippen LogP contribution in [-0.4, -0.2) is 17.2 Å². The maximum atomic E-state index is 3.60. The van der Waals surface area contributed by atoms with Crippen LogP contribution in [0.3, 0.4) is 0 Å². The van der Waals surface area contributed by atoms with Crippen molar-refractivity contribution in [3.05, 3.63) is 48.5 Å². The second-order valence-corrected chi connectivity index (χ2v) is 5.41. The first-order valence-electron chi connectivity index (χ1n) is 7.13. The maximum absolute atomic E-state index is 3.60. The zero-order valence-electron chi connectivity index (χ0n) is 11.0. The number of rotatable bonds is 4. The van der Waals surface area contributed by atoms with Crippen molar-refractivity contribution < 1.29 is 0 Å². The summed E-state index contributed by atoms with van der Waals surface area (Å²) < 4.78 is 2.44. The van der Waals surface area contributed by atoms with E-state index in [1.807, 2.05) is 0 Å². The van der Waals surface area contributed by atoms with Crippen molar-refractivity contribution in [3.63, 3.8) is 0 Å². The van der Waals surface area contributed by atoms with Crippen molar-refractivity contribution in [3.8, 4) is 0 Å². The first kappa shape index (κ1) is 11.1. The fourth-order valence-electron chi connectivity index (χ4n) is 2.91. The van der Waals surface area contributed by atoms with Crippen LogP contribution in [-0.2, 0) is 6.54 Å². The first-order valence-corrected chi connectivity index (χ1v) is 7.13. The Kier molecular flexibility index (Phi) is 2.56. The number of hydrogen-bond donors (Lipinski definition) is 1. The number of nitrogens with one attached hydrogen (secondary N) is 1. The smallest absolute Gasteiger partial charge is 0.0491 e. The van der Waals surface area contributed by atoms with Crippen molar-refractivity contribution in [2.45, 2.75) is 25.4 Å². The number of benzene rings is 2. The van der Waals surface area contributed by atoms with Gasteiger partial charge in [0.25, 0.3) is 0 Å². The van der Waals surface area contributed by atoms with Crippen LogP contribution < -0.4 is 5.32 Å². The molecule has 0 unspecified atom stereocenters. The van der Waals surface area contributed by atoms with Crippen molar-refractivity contribution >= 4 is 21.8 Å². The number of para-hydroxylation sites is 2. The van der Waals surface area contributed by atoms with Crippen LogP contribution >= 0.6 is 0 Å². The Hall–Kier alpha value is -1.80.